The zero-order chi connectivity index (χ0) is 27.1. The Morgan fingerprint density at radius 3 is 2.16 bits per heavy atom. The van der Waals surface area contributed by atoms with Crippen molar-refractivity contribution in [1.29, 1.82) is 10.5 Å². The van der Waals surface area contributed by atoms with Crippen LogP contribution < -0.4 is 5.32 Å². The summed E-state index contributed by atoms with van der Waals surface area (Å²) in [5.41, 5.74) is 5.48. The number of halogens is 1. The van der Waals surface area contributed by atoms with Gasteiger partial charge in [0.15, 0.2) is 0 Å². The molecule has 0 bridgehead atoms. The lowest BCUT2D eigenvalue weighted by Gasteiger charge is -2.36. The van der Waals surface area contributed by atoms with E-state index in [1.54, 1.807) is 12.4 Å². The van der Waals surface area contributed by atoms with Crippen molar-refractivity contribution in [2.75, 3.05) is 0 Å². The Kier molecular flexibility index (Phi) is 8.59. The summed E-state index contributed by atoms with van der Waals surface area (Å²) < 4.78 is 0. The van der Waals surface area contributed by atoms with Crippen LogP contribution in [0.4, 0.5) is 0 Å². The van der Waals surface area contributed by atoms with E-state index < -0.39 is 5.41 Å². The highest BCUT2D eigenvalue weighted by Gasteiger charge is 2.34. The molecule has 5 heteroatoms. The number of hydrogen-bond acceptors (Lipinski definition) is 4. The number of rotatable bonds is 9. The molecule has 3 aromatic carbocycles. The Morgan fingerprint density at radius 2 is 1.53 bits per heavy atom. The van der Waals surface area contributed by atoms with Crippen molar-refractivity contribution in [1.82, 2.24) is 10.3 Å². The summed E-state index contributed by atoms with van der Waals surface area (Å²) in [6, 6.07) is 32.7. The van der Waals surface area contributed by atoms with Gasteiger partial charge in [0.2, 0.25) is 0 Å². The Labute approximate surface area is 230 Å². The number of nitriles is 2. The minimum Gasteiger partial charge on any atom is -0.305 e. The SMILES string of the molecule is C[C@H](N[C@@H](c1ccc(-c2ccncc2)cc1)C(C)(C)C#N)C(Cc1ccc(Cl)cc1)c1cccc(C#N)c1. The molecule has 1 N–H and O–H groups in total. The van der Waals surface area contributed by atoms with Gasteiger partial charge in [-0.25, -0.2) is 0 Å². The summed E-state index contributed by atoms with van der Waals surface area (Å²) in [6.45, 7) is 6.10. The fourth-order valence-electron chi connectivity index (χ4n) is 4.87. The predicted molar refractivity (Wildman–Crippen MR) is 153 cm³/mol. The van der Waals surface area contributed by atoms with Gasteiger partial charge in [-0.05, 0) is 91.4 Å². The van der Waals surface area contributed by atoms with Gasteiger partial charge in [-0.2, -0.15) is 10.5 Å². The molecule has 0 aliphatic carbocycles. The molecule has 0 saturated heterocycles. The molecule has 0 fully saturated rings. The van der Waals surface area contributed by atoms with Crippen molar-refractivity contribution in [2.24, 2.45) is 5.41 Å². The number of nitrogens with one attached hydrogen (secondary N) is 1. The van der Waals surface area contributed by atoms with Gasteiger partial charge in [-0.15, -0.1) is 0 Å². The van der Waals surface area contributed by atoms with Crippen LogP contribution >= 0.6 is 11.6 Å². The molecule has 0 aliphatic rings. The smallest absolute Gasteiger partial charge is 0.0991 e. The standard InChI is InChI=1S/C33H31ClN4/c1-23(31(20-24-7-13-30(34)14-8-24)29-6-4-5-25(19-29)21-35)38-32(33(2,3)22-36)28-11-9-26(10-12-28)27-15-17-37-18-16-27/h4-19,23,31-32,38H,20H2,1-3H3/t23-,31?,32-/m0/s1. The Balaban J connectivity index is 1.67. The number of nitrogens with zero attached hydrogens (tertiary/aromatic N) is 3. The Bertz CT molecular complexity index is 1430. The maximum atomic E-state index is 10.1. The van der Waals surface area contributed by atoms with Crippen LogP contribution in [0.2, 0.25) is 5.02 Å². The zero-order valence-corrected chi connectivity index (χ0v) is 22.7. The van der Waals surface area contributed by atoms with Gasteiger partial charge >= 0.3 is 0 Å². The monoisotopic (exact) mass is 518 g/mol. The van der Waals surface area contributed by atoms with Gasteiger partial charge in [-0.3, -0.25) is 4.98 Å². The van der Waals surface area contributed by atoms with Gasteiger partial charge in [0.25, 0.3) is 0 Å². The fourth-order valence-corrected chi connectivity index (χ4v) is 5.00. The maximum absolute atomic E-state index is 10.1. The summed E-state index contributed by atoms with van der Waals surface area (Å²) in [4.78, 5) is 4.11. The molecule has 38 heavy (non-hydrogen) atoms. The lowest BCUT2D eigenvalue weighted by atomic mass is 9.79. The third kappa shape index (κ3) is 6.48. The third-order valence-corrected chi connectivity index (χ3v) is 7.37. The van der Waals surface area contributed by atoms with Crippen molar-refractivity contribution >= 4 is 11.6 Å². The first-order valence-electron chi connectivity index (χ1n) is 12.7. The average molecular weight is 519 g/mol. The van der Waals surface area contributed by atoms with E-state index in [1.807, 2.05) is 68.4 Å². The highest BCUT2D eigenvalue weighted by molar-refractivity contribution is 6.30. The number of benzene rings is 3. The van der Waals surface area contributed by atoms with Crippen molar-refractivity contribution in [3.63, 3.8) is 0 Å². The van der Waals surface area contributed by atoms with Crippen LogP contribution in [0.3, 0.4) is 0 Å². The normalized spacial score (nSPS) is 13.6. The summed E-state index contributed by atoms with van der Waals surface area (Å²) in [7, 11) is 0. The van der Waals surface area contributed by atoms with E-state index in [4.69, 9.17) is 11.6 Å². The van der Waals surface area contributed by atoms with E-state index in [9.17, 15) is 10.5 Å². The van der Waals surface area contributed by atoms with Gasteiger partial charge in [0.05, 0.1) is 29.2 Å². The molecule has 1 heterocycles. The highest BCUT2D eigenvalue weighted by Crippen LogP contribution is 2.36. The van der Waals surface area contributed by atoms with Crippen molar-refractivity contribution in [2.45, 2.75) is 45.2 Å². The van der Waals surface area contributed by atoms with Crippen LogP contribution in [-0.4, -0.2) is 11.0 Å². The predicted octanol–water partition coefficient (Wildman–Crippen LogP) is 7.87. The molecule has 4 nitrogen and oxygen atoms in total. The summed E-state index contributed by atoms with van der Waals surface area (Å²) in [6.07, 6.45) is 4.34. The van der Waals surface area contributed by atoms with Crippen LogP contribution in [0.5, 0.6) is 0 Å². The van der Waals surface area contributed by atoms with Crippen LogP contribution in [0, 0.1) is 28.1 Å². The molecule has 4 aromatic rings. The Hall–Kier alpha value is -3.96. The Morgan fingerprint density at radius 1 is 0.868 bits per heavy atom. The van der Waals surface area contributed by atoms with Gasteiger partial charge in [0, 0.05) is 29.4 Å². The molecule has 1 unspecified atom stereocenters. The lowest BCUT2D eigenvalue weighted by Crippen LogP contribution is -2.42. The first kappa shape index (κ1) is 27.1. The van der Waals surface area contributed by atoms with Gasteiger partial charge in [0.1, 0.15) is 0 Å². The molecule has 190 valence electrons. The molecule has 0 amide bonds. The molecule has 0 aliphatic heterocycles. The first-order chi connectivity index (χ1) is 18.3. The van der Waals surface area contributed by atoms with E-state index in [1.165, 1.54) is 0 Å². The first-order valence-corrected chi connectivity index (χ1v) is 13.1. The molecule has 0 radical (unpaired) electrons. The second-order valence-electron chi connectivity index (χ2n) is 10.3. The number of hydrogen-bond donors (Lipinski definition) is 1. The van der Waals surface area contributed by atoms with Crippen LogP contribution in [0.1, 0.15) is 55.0 Å². The second-order valence-corrected chi connectivity index (χ2v) is 10.7. The van der Waals surface area contributed by atoms with Crippen LogP contribution in [0.15, 0.2) is 97.3 Å². The zero-order valence-electron chi connectivity index (χ0n) is 21.9. The lowest BCUT2D eigenvalue weighted by molar-refractivity contribution is 0.281. The summed E-state index contributed by atoms with van der Waals surface area (Å²) >= 11 is 6.14. The van der Waals surface area contributed by atoms with Crippen LogP contribution in [-0.2, 0) is 6.42 Å². The molecule has 0 spiro atoms. The van der Waals surface area contributed by atoms with E-state index >= 15 is 0 Å². The molecular weight excluding hydrogens is 488 g/mol. The highest BCUT2D eigenvalue weighted by atomic mass is 35.5. The second kappa shape index (κ2) is 12.1. The molecule has 4 rings (SSSR count). The largest absolute Gasteiger partial charge is 0.305 e. The molecular formula is C33H31ClN4. The molecule has 3 atom stereocenters. The maximum Gasteiger partial charge on any atom is 0.0991 e. The fraction of sp³-hybridized carbons (Fsp3) is 0.242. The van der Waals surface area contributed by atoms with Crippen LogP contribution in [0.25, 0.3) is 11.1 Å². The third-order valence-electron chi connectivity index (χ3n) is 7.11. The van der Waals surface area contributed by atoms with Gasteiger partial charge < -0.3 is 5.32 Å². The van der Waals surface area contributed by atoms with E-state index in [-0.39, 0.29) is 18.0 Å². The minimum absolute atomic E-state index is 0.00267. The van der Waals surface area contributed by atoms with Gasteiger partial charge in [-0.1, -0.05) is 60.1 Å². The van der Waals surface area contributed by atoms with Crippen molar-refractivity contribution in [3.05, 3.63) is 125 Å². The van der Waals surface area contributed by atoms with Crippen molar-refractivity contribution in [3.8, 4) is 23.3 Å². The number of aromatic nitrogens is 1. The van der Waals surface area contributed by atoms with E-state index in [0.717, 1.165) is 34.2 Å². The molecule has 1 aromatic heterocycles. The van der Waals surface area contributed by atoms with Crippen molar-refractivity contribution < 1.29 is 0 Å². The van der Waals surface area contributed by atoms with E-state index in [2.05, 4.69) is 59.7 Å². The average Bonchev–Trinajstić information content (AvgIpc) is 2.96. The topological polar surface area (TPSA) is 72.5 Å². The minimum atomic E-state index is -0.661. The number of pyridine rings is 1. The van der Waals surface area contributed by atoms with E-state index in [0.29, 0.717) is 10.6 Å². The molecule has 0 saturated carbocycles. The summed E-state index contributed by atoms with van der Waals surface area (Å²) in [5.74, 6) is 0.0672. The quantitative estimate of drug-likeness (QED) is 0.244. The summed E-state index contributed by atoms with van der Waals surface area (Å²) in [5, 5.41) is 24.1.